The zero-order chi connectivity index (χ0) is 19.1. The van der Waals surface area contributed by atoms with E-state index in [1.54, 1.807) is 0 Å². The Balaban J connectivity index is 2.19. The van der Waals surface area contributed by atoms with E-state index < -0.39 is 24.0 Å². The van der Waals surface area contributed by atoms with Crippen LogP contribution in [-0.4, -0.2) is 56.9 Å². The van der Waals surface area contributed by atoms with E-state index in [4.69, 9.17) is 4.74 Å². The minimum Gasteiger partial charge on any atom is -0.480 e. The number of carboxylic acid groups (broad SMARTS) is 1. The summed E-state index contributed by atoms with van der Waals surface area (Å²) in [7, 11) is 1.47. The molecule has 2 atom stereocenters. The van der Waals surface area contributed by atoms with Crippen molar-refractivity contribution in [1.82, 2.24) is 25.5 Å². The summed E-state index contributed by atoms with van der Waals surface area (Å²) in [6.45, 7) is 3.89. The van der Waals surface area contributed by atoms with Gasteiger partial charge in [0.2, 0.25) is 11.7 Å². The van der Waals surface area contributed by atoms with Gasteiger partial charge in [0.05, 0.1) is 0 Å². The number of amides is 1. The number of aliphatic carboxylic acids is 1. The van der Waals surface area contributed by atoms with Crippen molar-refractivity contribution in [2.45, 2.75) is 32.4 Å². The summed E-state index contributed by atoms with van der Waals surface area (Å²) >= 11 is 0. The van der Waals surface area contributed by atoms with Gasteiger partial charge in [-0.3, -0.25) is 4.79 Å². The largest absolute Gasteiger partial charge is 0.480 e. The molecule has 26 heavy (non-hydrogen) atoms. The number of hydrogen-bond acceptors (Lipinski definition) is 6. The Morgan fingerprint density at radius 2 is 1.96 bits per heavy atom. The number of aromatic nitrogens is 4. The minimum absolute atomic E-state index is 0.162. The first-order valence-electron chi connectivity index (χ1n) is 8.31. The third-order valence-electron chi connectivity index (χ3n) is 3.83. The van der Waals surface area contributed by atoms with Crippen molar-refractivity contribution in [1.29, 1.82) is 0 Å². The lowest BCUT2D eigenvalue weighted by atomic mass is 10.0. The van der Waals surface area contributed by atoms with Gasteiger partial charge in [-0.25, -0.2) is 4.79 Å². The van der Waals surface area contributed by atoms with Crippen molar-refractivity contribution in [2.24, 2.45) is 5.92 Å². The molecule has 0 saturated heterocycles. The van der Waals surface area contributed by atoms with Gasteiger partial charge in [0.15, 0.2) is 6.04 Å². The monoisotopic (exact) mass is 361 g/mol. The van der Waals surface area contributed by atoms with Gasteiger partial charge in [-0.1, -0.05) is 44.2 Å². The molecular weight excluding hydrogens is 338 g/mol. The predicted octanol–water partition coefficient (Wildman–Crippen LogP) is 1.14. The van der Waals surface area contributed by atoms with Crippen LogP contribution in [0.15, 0.2) is 30.3 Å². The van der Waals surface area contributed by atoms with Gasteiger partial charge in [-0.2, -0.15) is 4.80 Å². The van der Waals surface area contributed by atoms with Crippen LogP contribution < -0.4 is 5.32 Å². The van der Waals surface area contributed by atoms with Crippen LogP contribution in [0.5, 0.6) is 0 Å². The number of methoxy groups -OCH3 is 1. The molecule has 0 bridgehead atoms. The molecule has 1 aromatic carbocycles. The van der Waals surface area contributed by atoms with Gasteiger partial charge < -0.3 is 15.2 Å². The third-order valence-corrected chi connectivity index (χ3v) is 3.83. The van der Waals surface area contributed by atoms with Crippen LogP contribution in [-0.2, 0) is 14.3 Å². The van der Waals surface area contributed by atoms with Crippen LogP contribution in [0.3, 0.4) is 0 Å². The van der Waals surface area contributed by atoms with Gasteiger partial charge in [0.1, 0.15) is 6.04 Å². The first-order valence-corrected chi connectivity index (χ1v) is 8.31. The van der Waals surface area contributed by atoms with E-state index in [1.165, 1.54) is 11.9 Å². The second-order valence-electron chi connectivity index (χ2n) is 6.17. The SMILES string of the molecule is COCCC(NC(=O)C(C(C)C)n1nnc(-c2ccccc2)n1)C(=O)O. The molecule has 2 rings (SSSR count). The van der Waals surface area contributed by atoms with Crippen molar-refractivity contribution in [3.05, 3.63) is 30.3 Å². The second-order valence-corrected chi connectivity index (χ2v) is 6.17. The highest BCUT2D eigenvalue weighted by atomic mass is 16.5. The van der Waals surface area contributed by atoms with E-state index in [1.807, 2.05) is 44.2 Å². The lowest BCUT2D eigenvalue weighted by molar-refractivity contribution is -0.143. The standard InChI is InChI=1S/C17H23N5O4/c1-11(2)14(16(23)18-13(17(24)25)9-10-26-3)22-20-15(19-21-22)12-7-5-4-6-8-12/h4-8,11,13-14H,9-10H2,1-3H3,(H,18,23)(H,24,25). The normalized spacial score (nSPS) is 13.4. The summed E-state index contributed by atoms with van der Waals surface area (Å²) in [5.74, 6) is -1.35. The average Bonchev–Trinajstić information content (AvgIpc) is 3.08. The molecule has 2 aromatic rings. The van der Waals surface area contributed by atoms with Crippen molar-refractivity contribution >= 4 is 11.9 Å². The molecule has 140 valence electrons. The fourth-order valence-corrected chi connectivity index (χ4v) is 2.47. The molecule has 0 aliphatic heterocycles. The third kappa shape index (κ3) is 4.85. The molecule has 0 saturated carbocycles. The molecule has 0 aliphatic carbocycles. The fourth-order valence-electron chi connectivity index (χ4n) is 2.47. The van der Waals surface area contributed by atoms with E-state index in [2.05, 4.69) is 20.7 Å². The topological polar surface area (TPSA) is 119 Å². The van der Waals surface area contributed by atoms with Gasteiger partial charge >= 0.3 is 5.97 Å². The molecule has 1 aromatic heterocycles. The molecule has 2 unspecified atom stereocenters. The molecule has 0 aliphatic rings. The summed E-state index contributed by atoms with van der Waals surface area (Å²) in [6, 6.07) is 7.47. The number of hydrogen-bond donors (Lipinski definition) is 2. The summed E-state index contributed by atoms with van der Waals surface area (Å²) in [6.07, 6.45) is 0.169. The molecule has 0 fully saturated rings. The smallest absolute Gasteiger partial charge is 0.326 e. The number of ether oxygens (including phenoxy) is 1. The molecule has 9 nitrogen and oxygen atoms in total. The molecule has 0 radical (unpaired) electrons. The van der Waals surface area contributed by atoms with Gasteiger partial charge in [-0.05, 0) is 11.1 Å². The summed E-state index contributed by atoms with van der Waals surface area (Å²) in [5.41, 5.74) is 0.783. The summed E-state index contributed by atoms with van der Waals surface area (Å²) in [5, 5.41) is 24.1. The molecule has 1 amide bonds. The average molecular weight is 361 g/mol. The van der Waals surface area contributed by atoms with E-state index in [0.29, 0.717) is 5.82 Å². The Morgan fingerprint density at radius 3 is 2.54 bits per heavy atom. The quantitative estimate of drug-likeness (QED) is 0.687. The van der Waals surface area contributed by atoms with Crippen LogP contribution in [0.1, 0.15) is 26.3 Å². The van der Waals surface area contributed by atoms with E-state index in [9.17, 15) is 14.7 Å². The second kappa shape index (κ2) is 9.04. The first kappa shape index (κ1) is 19.5. The number of nitrogens with one attached hydrogen (secondary N) is 1. The van der Waals surface area contributed by atoms with Gasteiger partial charge in [0.25, 0.3) is 0 Å². The minimum atomic E-state index is -1.12. The lowest BCUT2D eigenvalue weighted by Crippen LogP contribution is -2.46. The number of carbonyl (C=O) groups excluding carboxylic acids is 1. The number of rotatable bonds is 9. The fraction of sp³-hybridized carbons (Fsp3) is 0.471. The van der Waals surface area contributed by atoms with E-state index in [-0.39, 0.29) is 18.9 Å². The Morgan fingerprint density at radius 1 is 1.27 bits per heavy atom. The highest BCUT2D eigenvalue weighted by Crippen LogP contribution is 2.19. The van der Waals surface area contributed by atoms with Crippen LogP contribution >= 0.6 is 0 Å². The number of benzene rings is 1. The Labute approximate surface area is 151 Å². The number of carboxylic acids is 1. The van der Waals surface area contributed by atoms with Crippen molar-refractivity contribution in [3.63, 3.8) is 0 Å². The van der Waals surface area contributed by atoms with Gasteiger partial charge in [-0.15, -0.1) is 10.2 Å². The maximum Gasteiger partial charge on any atom is 0.326 e. The molecular formula is C17H23N5O4. The molecule has 9 heteroatoms. The Kier molecular flexibility index (Phi) is 6.79. The van der Waals surface area contributed by atoms with Gasteiger partial charge in [0, 0.05) is 25.7 Å². The van der Waals surface area contributed by atoms with Crippen LogP contribution in [0.2, 0.25) is 0 Å². The van der Waals surface area contributed by atoms with E-state index in [0.717, 1.165) is 5.56 Å². The van der Waals surface area contributed by atoms with Crippen LogP contribution in [0.4, 0.5) is 0 Å². The molecule has 0 spiro atoms. The number of carbonyl (C=O) groups is 2. The zero-order valence-corrected chi connectivity index (χ0v) is 15.0. The lowest BCUT2D eigenvalue weighted by Gasteiger charge is -2.21. The number of nitrogens with zero attached hydrogens (tertiary/aromatic N) is 4. The number of tetrazole rings is 1. The predicted molar refractivity (Wildman–Crippen MR) is 93.2 cm³/mol. The highest BCUT2D eigenvalue weighted by Gasteiger charge is 2.30. The highest BCUT2D eigenvalue weighted by molar-refractivity contribution is 5.86. The van der Waals surface area contributed by atoms with Crippen LogP contribution in [0, 0.1) is 5.92 Å². The van der Waals surface area contributed by atoms with Crippen LogP contribution in [0.25, 0.3) is 11.4 Å². The summed E-state index contributed by atoms with van der Waals surface area (Å²) < 4.78 is 4.89. The Hall–Kier alpha value is -2.81. The first-order chi connectivity index (χ1) is 12.4. The maximum atomic E-state index is 12.7. The molecule has 2 N–H and O–H groups in total. The van der Waals surface area contributed by atoms with Crippen molar-refractivity contribution in [3.8, 4) is 11.4 Å². The summed E-state index contributed by atoms with van der Waals surface area (Å²) in [4.78, 5) is 25.2. The zero-order valence-electron chi connectivity index (χ0n) is 15.0. The van der Waals surface area contributed by atoms with Crippen molar-refractivity contribution in [2.75, 3.05) is 13.7 Å². The Bertz CT molecular complexity index is 732. The molecule has 1 heterocycles. The maximum absolute atomic E-state index is 12.7. The van der Waals surface area contributed by atoms with E-state index >= 15 is 0 Å². The van der Waals surface area contributed by atoms with Crippen molar-refractivity contribution < 1.29 is 19.4 Å².